The van der Waals surface area contributed by atoms with Crippen molar-refractivity contribution in [3.05, 3.63) is 16.1 Å². The number of aromatic nitrogens is 1. The Balaban J connectivity index is 1.87. The number of thiazole rings is 1. The largest absolute Gasteiger partial charge is 0.379 e. The molecule has 1 aromatic heterocycles. The molecule has 84 valence electrons. The van der Waals surface area contributed by atoms with Crippen LogP contribution in [0.15, 0.2) is 6.20 Å². The molecule has 0 spiro atoms. The number of ether oxygens (including phenoxy) is 1. The fraction of sp³-hybridized carbons (Fsp3) is 0.727. The summed E-state index contributed by atoms with van der Waals surface area (Å²) in [7, 11) is 0. The fourth-order valence-electron chi connectivity index (χ4n) is 1.70. The van der Waals surface area contributed by atoms with Crippen molar-refractivity contribution >= 4 is 11.3 Å². The molecule has 0 aliphatic carbocycles. The number of rotatable bonds is 4. The van der Waals surface area contributed by atoms with Gasteiger partial charge in [-0.2, -0.15) is 0 Å². The first kappa shape index (κ1) is 11.0. The first-order chi connectivity index (χ1) is 7.22. The second-order valence-corrected chi connectivity index (χ2v) is 5.49. The Kier molecular flexibility index (Phi) is 3.38. The molecule has 15 heavy (non-hydrogen) atoms. The standard InChI is InChI=1S/C11H18N2OS/c1-3-10-12-6-9(15-10)7-13-11(2)4-5-14-8-11/h6,13H,3-5,7-8H2,1-2H3. The molecule has 1 fully saturated rings. The summed E-state index contributed by atoms with van der Waals surface area (Å²) < 4.78 is 5.40. The molecular formula is C11H18N2OS. The summed E-state index contributed by atoms with van der Waals surface area (Å²) in [5.74, 6) is 0. The van der Waals surface area contributed by atoms with Gasteiger partial charge in [0.25, 0.3) is 0 Å². The van der Waals surface area contributed by atoms with E-state index in [-0.39, 0.29) is 5.54 Å². The van der Waals surface area contributed by atoms with Crippen LogP contribution in [-0.2, 0) is 17.7 Å². The van der Waals surface area contributed by atoms with Crippen molar-refractivity contribution in [3.63, 3.8) is 0 Å². The predicted molar refractivity (Wildman–Crippen MR) is 62.2 cm³/mol. The summed E-state index contributed by atoms with van der Waals surface area (Å²) in [6, 6.07) is 0. The Hall–Kier alpha value is -0.450. The van der Waals surface area contributed by atoms with E-state index in [0.29, 0.717) is 0 Å². The Morgan fingerprint density at radius 2 is 2.53 bits per heavy atom. The van der Waals surface area contributed by atoms with Gasteiger partial charge < -0.3 is 10.1 Å². The zero-order chi connectivity index (χ0) is 10.7. The Labute approximate surface area is 94.9 Å². The molecule has 1 saturated heterocycles. The van der Waals surface area contributed by atoms with Crippen LogP contribution in [0.3, 0.4) is 0 Å². The molecule has 0 amide bonds. The highest BCUT2D eigenvalue weighted by Crippen LogP contribution is 2.20. The van der Waals surface area contributed by atoms with Crippen LogP contribution in [0.2, 0.25) is 0 Å². The highest BCUT2D eigenvalue weighted by Gasteiger charge is 2.28. The van der Waals surface area contributed by atoms with Crippen LogP contribution in [-0.4, -0.2) is 23.7 Å². The smallest absolute Gasteiger partial charge is 0.0925 e. The number of nitrogens with one attached hydrogen (secondary N) is 1. The first-order valence-corrected chi connectivity index (χ1v) is 6.30. The number of hydrogen-bond acceptors (Lipinski definition) is 4. The first-order valence-electron chi connectivity index (χ1n) is 5.48. The van der Waals surface area contributed by atoms with Gasteiger partial charge in [0.1, 0.15) is 0 Å². The quantitative estimate of drug-likeness (QED) is 0.852. The molecule has 0 radical (unpaired) electrons. The van der Waals surface area contributed by atoms with Gasteiger partial charge in [0, 0.05) is 29.8 Å². The maximum Gasteiger partial charge on any atom is 0.0925 e. The van der Waals surface area contributed by atoms with Gasteiger partial charge >= 0.3 is 0 Å². The second kappa shape index (κ2) is 4.60. The SMILES string of the molecule is CCc1ncc(CNC2(C)CCOC2)s1. The van der Waals surface area contributed by atoms with Gasteiger partial charge in [-0.15, -0.1) is 11.3 Å². The maximum atomic E-state index is 5.40. The minimum atomic E-state index is 0.163. The van der Waals surface area contributed by atoms with E-state index in [1.165, 1.54) is 9.88 Å². The summed E-state index contributed by atoms with van der Waals surface area (Å²) in [4.78, 5) is 5.67. The molecule has 1 atom stereocenters. The van der Waals surface area contributed by atoms with Crippen LogP contribution in [0.25, 0.3) is 0 Å². The van der Waals surface area contributed by atoms with Crippen molar-refractivity contribution in [3.8, 4) is 0 Å². The lowest BCUT2D eigenvalue weighted by Gasteiger charge is -2.22. The van der Waals surface area contributed by atoms with Crippen LogP contribution in [0.4, 0.5) is 0 Å². The van der Waals surface area contributed by atoms with Crippen molar-refractivity contribution in [1.29, 1.82) is 0 Å². The average molecular weight is 226 g/mol. The van der Waals surface area contributed by atoms with E-state index < -0.39 is 0 Å². The van der Waals surface area contributed by atoms with Crippen molar-refractivity contribution in [2.24, 2.45) is 0 Å². The van der Waals surface area contributed by atoms with E-state index >= 15 is 0 Å². The van der Waals surface area contributed by atoms with Crippen LogP contribution < -0.4 is 5.32 Å². The molecule has 1 aromatic rings. The molecule has 0 bridgehead atoms. The van der Waals surface area contributed by atoms with Crippen LogP contribution in [0.5, 0.6) is 0 Å². The molecular weight excluding hydrogens is 208 g/mol. The number of aryl methyl sites for hydroxylation is 1. The van der Waals surface area contributed by atoms with E-state index in [4.69, 9.17) is 4.74 Å². The third-order valence-corrected chi connectivity index (χ3v) is 3.95. The number of nitrogens with zero attached hydrogens (tertiary/aromatic N) is 1. The lowest BCUT2D eigenvalue weighted by atomic mass is 10.0. The van der Waals surface area contributed by atoms with Crippen LogP contribution in [0.1, 0.15) is 30.2 Å². The normalized spacial score (nSPS) is 26.0. The van der Waals surface area contributed by atoms with Crippen LogP contribution >= 0.6 is 11.3 Å². The third kappa shape index (κ3) is 2.77. The summed E-state index contributed by atoms with van der Waals surface area (Å²) in [5.41, 5.74) is 0.163. The molecule has 0 aromatic carbocycles. The fourth-order valence-corrected chi connectivity index (χ4v) is 2.50. The Bertz CT molecular complexity index is 318. The van der Waals surface area contributed by atoms with Crippen LogP contribution in [0, 0.1) is 0 Å². The molecule has 4 heteroatoms. The molecule has 1 unspecified atom stereocenters. The monoisotopic (exact) mass is 226 g/mol. The van der Waals surface area contributed by atoms with Gasteiger partial charge in [0.2, 0.25) is 0 Å². The van der Waals surface area contributed by atoms with Gasteiger partial charge in [-0.05, 0) is 19.8 Å². The second-order valence-electron chi connectivity index (χ2n) is 4.29. The van der Waals surface area contributed by atoms with Crippen molar-refractivity contribution in [1.82, 2.24) is 10.3 Å². The van der Waals surface area contributed by atoms with Gasteiger partial charge in [0.05, 0.1) is 11.6 Å². The minimum absolute atomic E-state index is 0.163. The molecule has 2 rings (SSSR count). The van der Waals surface area contributed by atoms with Gasteiger partial charge in [-0.3, -0.25) is 0 Å². The molecule has 0 saturated carbocycles. The molecule has 1 aliphatic rings. The predicted octanol–water partition coefficient (Wildman–Crippen LogP) is 1.97. The van der Waals surface area contributed by atoms with E-state index in [0.717, 1.165) is 32.6 Å². The van der Waals surface area contributed by atoms with Crippen molar-refractivity contribution in [2.75, 3.05) is 13.2 Å². The molecule has 3 nitrogen and oxygen atoms in total. The highest BCUT2D eigenvalue weighted by molar-refractivity contribution is 7.11. The lowest BCUT2D eigenvalue weighted by Crippen LogP contribution is -2.42. The Morgan fingerprint density at radius 1 is 1.67 bits per heavy atom. The number of hydrogen-bond donors (Lipinski definition) is 1. The zero-order valence-electron chi connectivity index (χ0n) is 9.38. The molecule has 1 N–H and O–H groups in total. The van der Waals surface area contributed by atoms with E-state index in [2.05, 4.69) is 24.1 Å². The van der Waals surface area contributed by atoms with Crippen molar-refractivity contribution < 1.29 is 4.74 Å². The topological polar surface area (TPSA) is 34.2 Å². The molecule has 1 aliphatic heterocycles. The summed E-state index contributed by atoms with van der Waals surface area (Å²) >= 11 is 1.80. The third-order valence-electron chi connectivity index (χ3n) is 2.81. The summed E-state index contributed by atoms with van der Waals surface area (Å²) in [6.07, 6.45) is 4.12. The maximum absolute atomic E-state index is 5.40. The molecule has 2 heterocycles. The van der Waals surface area contributed by atoms with Gasteiger partial charge in [-0.1, -0.05) is 6.92 Å². The zero-order valence-corrected chi connectivity index (χ0v) is 10.2. The van der Waals surface area contributed by atoms with E-state index in [1.807, 2.05) is 6.20 Å². The average Bonchev–Trinajstić information content (AvgIpc) is 2.84. The summed E-state index contributed by atoms with van der Waals surface area (Å²) in [5, 5.41) is 4.78. The van der Waals surface area contributed by atoms with E-state index in [1.54, 1.807) is 11.3 Å². The highest BCUT2D eigenvalue weighted by atomic mass is 32.1. The Morgan fingerprint density at radius 3 is 3.13 bits per heavy atom. The summed E-state index contributed by atoms with van der Waals surface area (Å²) in [6.45, 7) is 6.99. The van der Waals surface area contributed by atoms with E-state index in [9.17, 15) is 0 Å². The minimum Gasteiger partial charge on any atom is -0.379 e. The lowest BCUT2D eigenvalue weighted by molar-refractivity contribution is 0.171. The van der Waals surface area contributed by atoms with Gasteiger partial charge in [-0.25, -0.2) is 4.98 Å². The van der Waals surface area contributed by atoms with Gasteiger partial charge in [0.15, 0.2) is 0 Å². The van der Waals surface area contributed by atoms with Crippen molar-refractivity contribution in [2.45, 2.75) is 38.8 Å².